The Balaban J connectivity index is 3.21. The van der Waals surface area contributed by atoms with Crippen LogP contribution in [0, 0.1) is 0 Å². The smallest absolute Gasteiger partial charge is 0.143 e. The van der Waals surface area contributed by atoms with Crippen LogP contribution in [-0.4, -0.2) is 132 Å². The van der Waals surface area contributed by atoms with Crippen molar-refractivity contribution in [1.29, 1.82) is 0 Å². The largest absolute Gasteiger partial charge is 0.299 e. The highest BCUT2D eigenvalue weighted by Crippen LogP contribution is 2.08. The van der Waals surface area contributed by atoms with Crippen molar-refractivity contribution in [2.75, 3.05) is 78.5 Å². The van der Waals surface area contributed by atoms with Crippen molar-refractivity contribution in [3.05, 3.63) is 0 Å². The molecule has 0 amide bonds. The van der Waals surface area contributed by atoms with Crippen LogP contribution in [0.3, 0.4) is 0 Å². The Morgan fingerprint density at radius 2 is 1.12 bits per heavy atom. The van der Waals surface area contributed by atoms with Gasteiger partial charge in [0, 0.05) is 51.9 Å². The summed E-state index contributed by atoms with van der Waals surface area (Å²) in [6.07, 6.45) is 0. The zero-order chi connectivity index (χ0) is 24.1. The average Bonchev–Trinajstić information content (AvgIpc) is 2.67. The third kappa shape index (κ3) is 12.4. The summed E-state index contributed by atoms with van der Waals surface area (Å²) in [5, 5.41) is 2.40. The second-order valence-corrected chi connectivity index (χ2v) is 8.83. The van der Waals surface area contributed by atoms with Crippen molar-refractivity contribution < 1.29 is 19.2 Å². The van der Waals surface area contributed by atoms with E-state index in [0.29, 0.717) is 65.4 Å². The number of nitrogens with zero attached hydrogens (tertiary/aromatic N) is 5. The summed E-state index contributed by atoms with van der Waals surface area (Å²) in [6.45, 7) is 12.0. The number of hydrogen-bond acceptors (Lipinski definition) is 10. The molecule has 180 valence electrons. The number of carbonyl (C=O) groups is 4. The summed E-state index contributed by atoms with van der Waals surface area (Å²) in [5.41, 5.74) is 0. The van der Waals surface area contributed by atoms with E-state index in [4.69, 9.17) is 12.2 Å². The summed E-state index contributed by atoms with van der Waals surface area (Å²) >= 11 is 4.76. The molecular weight excluding hydrogens is 430 g/mol. The van der Waals surface area contributed by atoms with Gasteiger partial charge in [0.2, 0.25) is 0 Å². The zero-order valence-corrected chi connectivity index (χ0v) is 20.7. The monoisotopic (exact) mass is 467 g/mol. The standard InChI is InChI=1S/C22H37N5O4S/c1-18(28)12-24-5-6-25(13-19(2)29)9-10-27(15-21(4)31)22(11-23-17-32)16-26(8-7-24)14-20(3)30/h22H,5-16H2,1-4H3. The molecule has 32 heavy (non-hydrogen) atoms. The van der Waals surface area contributed by atoms with E-state index in [-0.39, 0.29) is 42.3 Å². The number of isothiocyanates is 1. The van der Waals surface area contributed by atoms with E-state index in [1.165, 1.54) is 0 Å². The summed E-state index contributed by atoms with van der Waals surface area (Å²) < 4.78 is 0. The molecule has 0 aromatic heterocycles. The molecule has 1 aliphatic rings. The van der Waals surface area contributed by atoms with Gasteiger partial charge >= 0.3 is 0 Å². The molecule has 10 heteroatoms. The van der Waals surface area contributed by atoms with Gasteiger partial charge in [0.15, 0.2) is 0 Å². The van der Waals surface area contributed by atoms with Crippen LogP contribution in [0.25, 0.3) is 0 Å². The van der Waals surface area contributed by atoms with E-state index in [9.17, 15) is 19.2 Å². The van der Waals surface area contributed by atoms with Crippen LogP contribution in [0.1, 0.15) is 27.7 Å². The maximum Gasteiger partial charge on any atom is 0.143 e. The summed E-state index contributed by atoms with van der Waals surface area (Å²) in [5.74, 6) is 0.243. The number of carbonyl (C=O) groups excluding carboxylic acids is 4. The molecule has 1 fully saturated rings. The molecule has 1 heterocycles. The van der Waals surface area contributed by atoms with Crippen molar-refractivity contribution in [3.63, 3.8) is 0 Å². The van der Waals surface area contributed by atoms with Crippen LogP contribution in [-0.2, 0) is 19.2 Å². The van der Waals surface area contributed by atoms with Crippen molar-refractivity contribution in [3.8, 4) is 0 Å². The number of rotatable bonds is 10. The predicted molar refractivity (Wildman–Crippen MR) is 127 cm³/mol. The van der Waals surface area contributed by atoms with Gasteiger partial charge in [-0.1, -0.05) is 0 Å². The molecule has 1 saturated heterocycles. The van der Waals surface area contributed by atoms with Gasteiger partial charge in [0.05, 0.1) is 37.9 Å². The lowest BCUT2D eigenvalue weighted by molar-refractivity contribution is -0.121. The Bertz CT molecular complexity index is 710. The Morgan fingerprint density at radius 3 is 1.56 bits per heavy atom. The molecule has 0 radical (unpaired) electrons. The second kappa shape index (κ2) is 15.2. The number of ketones is 4. The first-order valence-corrected chi connectivity index (χ1v) is 11.4. The van der Waals surface area contributed by atoms with Gasteiger partial charge in [-0.15, -0.1) is 0 Å². The first-order valence-electron chi connectivity index (χ1n) is 11.0. The van der Waals surface area contributed by atoms with Crippen LogP contribution in [0.2, 0.25) is 0 Å². The average molecular weight is 468 g/mol. The van der Waals surface area contributed by atoms with Crippen LogP contribution < -0.4 is 0 Å². The fraction of sp³-hybridized carbons (Fsp3) is 0.773. The number of hydrogen-bond donors (Lipinski definition) is 0. The number of thiocarbonyl (C=S) groups is 1. The fourth-order valence-electron chi connectivity index (χ4n) is 3.96. The third-order valence-corrected chi connectivity index (χ3v) is 5.41. The molecule has 1 unspecified atom stereocenters. The van der Waals surface area contributed by atoms with Gasteiger partial charge in [0.25, 0.3) is 0 Å². The van der Waals surface area contributed by atoms with Crippen molar-refractivity contribution in [2.24, 2.45) is 4.99 Å². The highest BCUT2D eigenvalue weighted by Gasteiger charge is 2.25. The Kier molecular flexibility index (Phi) is 13.5. The molecule has 0 bridgehead atoms. The van der Waals surface area contributed by atoms with Gasteiger partial charge in [-0.2, -0.15) is 0 Å². The zero-order valence-electron chi connectivity index (χ0n) is 19.8. The SMILES string of the molecule is CC(=O)CN1CCN(CC(C)=O)CCN(CC(C)=O)C(CN=C=S)CN(CC(C)=O)CC1. The quantitative estimate of drug-likeness (QED) is 0.326. The maximum atomic E-state index is 12.0. The molecule has 1 rings (SSSR count). The predicted octanol–water partition coefficient (Wildman–Crippen LogP) is 0.0354. The Hall–Kier alpha value is -1.68. The van der Waals surface area contributed by atoms with Crippen molar-refractivity contribution in [1.82, 2.24) is 19.6 Å². The minimum Gasteiger partial charge on any atom is -0.299 e. The molecule has 0 aromatic carbocycles. The van der Waals surface area contributed by atoms with Gasteiger partial charge in [-0.3, -0.25) is 38.8 Å². The van der Waals surface area contributed by atoms with E-state index in [1.807, 2.05) is 0 Å². The van der Waals surface area contributed by atoms with Crippen LogP contribution >= 0.6 is 12.2 Å². The number of Topliss-reactive ketones (excluding diaryl/α,β-unsaturated/α-hetero) is 4. The van der Waals surface area contributed by atoms with Crippen LogP contribution in [0.4, 0.5) is 0 Å². The highest BCUT2D eigenvalue weighted by molar-refractivity contribution is 7.78. The Morgan fingerprint density at radius 1 is 0.719 bits per heavy atom. The topological polar surface area (TPSA) is 93.6 Å². The molecule has 1 atom stereocenters. The van der Waals surface area contributed by atoms with Gasteiger partial charge in [-0.05, 0) is 39.9 Å². The molecule has 0 spiro atoms. The molecule has 0 aromatic rings. The van der Waals surface area contributed by atoms with Gasteiger partial charge in [0.1, 0.15) is 23.1 Å². The highest BCUT2D eigenvalue weighted by atomic mass is 32.1. The van der Waals surface area contributed by atoms with Crippen LogP contribution in [0.15, 0.2) is 4.99 Å². The normalized spacial score (nSPS) is 20.6. The lowest BCUT2D eigenvalue weighted by atomic mass is 10.1. The van der Waals surface area contributed by atoms with E-state index in [2.05, 4.69) is 29.8 Å². The number of aliphatic imine (C=N–C) groups is 1. The van der Waals surface area contributed by atoms with Gasteiger partial charge in [-0.25, -0.2) is 4.99 Å². The first kappa shape index (κ1) is 28.4. The summed E-state index contributed by atoms with van der Waals surface area (Å²) in [7, 11) is 0. The van der Waals surface area contributed by atoms with E-state index >= 15 is 0 Å². The molecular formula is C22H37N5O4S. The lowest BCUT2D eigenvalue weighted by Gasteiger charge is -2.37. The first-order chi connectivity index (χ1) is 15.1. The lowest BCUT2D eigenvalue weighted by Crippen LogP contribution is -2.53. The minimum absolute atomic E-state index is 0.0392. The van der Waals surface area contributed by atoms with Crippen molar-refractivity contribution >= 4 is 40.5 Å². The second-order valence-electron chi connectivity index (χ2n) is 8.65. The van der Waals surface area contributed by atoms with Crippen LogP contribution in [0.5, 0.6) is 0 Å². The van der Waals surface area contributed by atoms with E-state index < -0.39 is 0 Å². The minimum atomic E-state index is -0.131. The summed E-state index contributed by atoms with van der Waals surface area (Å²) in [6, 6.07) is -0.131. The van der Waals surface area contributed by atoms with E-state index in [1.54, 1.807) is 27.7 Å². The molecule has 9 nitrogen and oxygen atoms in total. The van der Waals surface area contributed by atoms with E-state index in [0.717, 1.165) is 0 Å². The summed E-state index contributed by atoms with van der Waals surface area (Å²) in [4.78, 5) is 59.9. The Labute approximate surface area is 196 Å². The third-order valence-electron chi connectivity index (χ3n) is 5.28. The molecule has 0 saturated carbocycles. The van der Waals surface area contributed by atoms with Crippen molar-refractivity contribution in [2.45, 2.75) is 33.7 Å². The fourth-order valence-corrected chi connectivity index (χ4v) is 4.04. The van der Waals surface area contributed by atoms with Gasteiger partial charge < -0.3 is 0 Å². The maximum absolute atomic E-state index is 12.0. The molecule has 1 aliphatic heterocycles. The molecule has 0 aliphatic carbocycles. The molecule has 0 N–H and O–H groups in total.